The van der Waals surface area contributed by atoms with Crippen LogP contribution in [0.5, 0.6) is 0 Å². The van der Waals surface area contributed by atoms with Crippen molar-refractivity contribution < 1.29 is 9.72 Å². The number of aryl methyl sites for hydroxylation is 1. The highest BCUT2D eigenvalue weighted by Gasteiger charge is 2.05. The van der Waals surface area contributed by atoms with E-state index in [0.29, 0.717) is 0 Å². The van der Waals surface area contributed by atoms with Crippen molar-refractivity contribution >= 4 is 22.7 Å². The highest BCUT2D eigenvalue weighted by atomic mass is 32.1. The number of nitrogens with two attached hydrogens (primary N) is 1. The summed E-state index contributed by atoms with van der Waals surface area (Å²) in [6.45, 7) is 1.84. The predicted molar refractivity (Wildman–Crippen MR) is 46.0 cm³/mol. The zero-order chi connectivity index (χ0) is 9.56. The lowest BCUT2D eigenvalue weighted by Gasteiger charge is -1.78. The third-order valence-electron chi connectivity index (χ3n) is 0.906. The monoisotopic (exact) mass is 188 g/mol. The smallest absolute Gasteiger partial charge is 0.324 e. The SMILES string of the molecule is Cc1ccc([N+](=O)[O-])s1.NC=O. The molecule has 0 saturated carbocycles. The topological polar surface area (TPSA) is 86.2 Å². The van der Waals surface area contributed by atoms with Crippen molar-refractivity contribution in [2.24, 2.45) is 5.73 Å². The van der Waals surface area contributed by atoms with Gasteiger partial charge in [0, 0.05) is 10.9 Å². The molecule has 1 aromatic heterocycles. The fourth-order valence-corrected chi connectivity index (χ4v) is 1.20. The van der Waals surface area contributed by atoms with Crippen molar-refractivity contribution in [2.75, 3.05) is 0 Å². The van der Waals surface area contributed by atoms with Gasteiger partial charge in [0.2, 0.25) is 6.41 Å². The average Bonchev–Trinajstić information content (AvgIpc) is 2.37. The number of hydrogen-bond acceptors (Lipinski definition) is 4. The lowest BCUT2D eigenvalue weighted by molar-refractivity contribution is -0.380. The number of hydrogen-bond donors (Lipinski definition) is 1. The van der Waals surface area contributed by atoms with Gasteiger partial charge in [-0.15, -0.1) is 0 Å². The molecule has 1 rings (SSSR count). The summed E-state index contributed by atoms with van der Waals surface area (Å²) in [7, 11) is 0. The molecule has 0 aliphatic heterocycles. The Kier molecular flexibility index (Phi) is 4.62. The van der Waals surface area contributed by atoms with E-state index in [4.69, 9.17) is 4.79 Å². The standard InChI is InChI=1S/C5H5NO2S.CH3NO/c1-4-2-3-5(9-4)6(7)8;2-1-3/h2-3H,1H3;1H,(H2,2,3). The van der Waals surface area contributed by atoms with Crippen LogP contribution in [-0.4, -0.2) is 11.3 Å². The minimum Gasteiger partial charge on any atom is -0.372 e. The number of rotatable bonds is 1. The van der Waals surface area contributed by atoms with Crippen LogP contribution in [0.1, 0.15) is 4.88 Å². The van der Waals surface area contributed by atoms with Gasteiger partial charge in [0.05, 0.1) is 4.92 Å². The van der Waals surface area contributed by atoms with Gasteiger partial charge in [-0.2, -0.15) is 0 Å². The number of thiophene rings is 1. The van der Waals surface area contributed by atoms with E-state index in [2.05, 4.69) is 5.73 Å². The van der Waals surface area contributed by atoms with Crippen molar-refractivity contribution in [3.05, 3.63) is 27.1 Å². The molecule has 0 aromatic carbocycles. The fourth-order valence-electron chi connectivity index (χ4n) is 0.520. The van der Waals surface area contributed by atoms with E-state index in [-0.39, 0.29) is 16.3 Å². The summed E-state index contributed by atoms with van der Waals surface area (Å²) in [6.07, 6.45) is 0.250. The van der Waals surface area contributed by atoms with E-state index >= 15 is 0 Å². The molecule has 5 nitrogen and oxygen atoms in total. The predicted octanol–water partition coefficient (Wildman–Crippen LogP) is 1.07. The van der Waals surface area contributed by atoms with Gasteiger partial charge in [0.15, 0.2) is 0 Å². The summed E-state index contributed by atoms with van der Waals surface area (Å²) in [6, 6.07) is 3.25. The number of nitrogens with zero attached hydrogens (tertiary/aromatic N) is 1. The van der Waals surface area contributed by atoms with Crippen LogP contribution in [-0.2, 0) is 4.79 Å². The molecule has 1 amide bonds. The maximum atomic E-state index is 10.0. The first-order chi connectivity index (χ1) is 5.61. The third kappa shape index (κ3) is 3.67. The summed E-state index contributed by atoms with van der Waals surface area (Å²) < 4.78 is 0. The quantitative estimate of drug-likeness (QED) is 0.406. The molecule has 0 aliphatic rings. The van der Waals surface area contributed by atoms with Gasteiger partial charge in [0.1, 0.15) is 0 Å². The van der Waals surface area contributed by atoms with E-state index in [1.165, 1.54) is 17.4 Å². The molecular weight excluding hydrogens is 180 g/mol. The van der Waals surface area contributed by atoms with Crippen molar-refractivity contribution in [2.45, 2.75) is 6.92 Å². The first kappa shape index (κ1) is 10.6. The van der Waals surface area contributed by atoms with Crippen molar-refractivity contribution in [1.29, 1.82) is 0 Å². The van der Waals surface area contributed by atoms with Gasteiger partial charge in [0.25, 0.3) is 0 Å². The zero-order valence-electron chi connectivity index (χ0n) is 6.39. The Morgan fingerprint density at radius 3 is 2.33 bits per heavy atom. The molecule has 0 radical (unpaired) electrons. The van der Waals surface area contributed by atoms with Crippen LogP contribution in [0.4, 0.5) is 5.00 Å². The van der Waals surface area contributed by atoms with Crippen LogP contribution in [0.15, 0.2) is 12.1 Å². The molecular formula is C6H8N2O3S. The zero-order valence-corrected chi connectivity index (χ0v) is 7.21. The first-order valence-corrected chi connectivity index (χ1v) is 3.79. The Labute approximate surface area is 73.0 Å². The molecule has 0 fully saturated rings. The molecule has 66 valence electrons. The number of nitro groups is 1. The van der Waals surface area contributed by atoms with E-state index in [1.807, 2.05) is 6.92 Å². The third-order valence-corrected chi connectivity index (χ3v) is 1.86. The Hall–Kier alpha value is -1.43. The number of amides is 1. The second kappa shape index (κ2) is 5.25. The van der Waals surface area contributed by atoms with Crippen molar-refractivity contribution in [3.8, 4) is 0 Å². The van der Waals surface area contributed by atoms with Crippen molar-refractivity contribution in [3.63, 3.8) is 0 Å². The van der Waals surface area contributed by atoms with Gasteiger partial charge in [-0.25, -0.2) is 0 Å². The van der Waals surface area contributed by atoms with E-state index in [0.717, 1.165) is 4.88 Å². The fraction of sp³-hybridized carbons (Fsp3) is 0.167. The minimum absolute atomic E-state index is 0.215. The number of carbonyl (C=O) groups excluding carboxylic acids is 1. The van der Waals surface area contributed by atoms with Crippen LogP contribution >= 0.6 is 11.3 Å². The normalized spacial score (nSPS) is 8.08. The van der Waals surface area contributed by atoms with Crippen LogP contribution in [0.2, 0.25) is 0 Å². The van der Waals surface area contributed by atoms with Crippen LogP contribution < -0.4 is 5.73 Å². The lowest BCUT2D eigenvalue weighted by Crippen LogP contribution is -1.82. The number of primary amides is 1. The van der Waals surface area contributed by atoms with Crippen LogP contribution in [0, 0.1) is 17.0 Å². The molecule has 12 heavy (non-hydrogen) atoms. The second-order valence-corrected chi connectivity index (χ2v) is 3.04. The van der Waals surface area contributed by atoms with Gasteiger partial charge >= 0.3 is 5.00 Å². The Morgan fingerprint density at radius 1 is 1.67 bits per heavy atom. The Balaban J connectivity index is 0.000000354. The summed E-state index contributed by atoms with van der Waals surface area (Å²) in [5.74, 6) is 0. The summed E-state index contributed by atoms with van der Waals surface area (Å²) in [5.41, 5.74) is 4.17. The van der Waals surface area contributed by atoms with Crippen LogP contribution in [0.25, 0.3) is 0 Å². The van der Waals surface area contributed by atoms with E-state index in [9.17, 15) is 10.1 Å². The molecule has 0 aliphatic carbocycles. The summed E-state index contributed by atoms with van der Waals surface area (Å²) >= 11 is 1.20. The average molecular weight is 188 g/mol. The highest BCUT2D eigenvalue weighted by molar-refractivity contribution is 7.15. The first-order valence-electron chi connectivity index (χ1n) is 2.98. The molecule has 0 unspecified atom stereocenters. The molecule has 0 atom stereocenters. The van der Waals surface area contributed by atoms with E-state index < -0.39 is 0 Å². The molecule has 2 N–H and O–H groups in total. The number of carbonyl (C=O) groups is 1. The molecule has 1 heterocycles. The molecule has 0 spiro atoms. The van der Waals surface area contributed by atoms with Gasteiger partial charge in [-0.1, -0.05) is 11.3 Å². The molecule has 0 saturated heterocycles. The van der Waals surface area contributed by atoms with Crippen LogP contribution in [0.3, 0.4) is 0 Å². The van der Waals surface area contributed by atoms with Gasteiger partial charge < -0.3 is 5.73 Å². The maximum absolute atomic E-state index is 10.0. The molecule has 0 bridgehead atoms. The largest absolute Gasteiger partial charge is 0.372 e. The lowest BCUT2D eigenvalue weighted by atomic mass is 10.5. The molecule has 6 heteroatoms. The highest BCUT2D eigenvalue weighted by Crippen LogP contribution is 2.22. The second-order valence-electron chi connectivity index (χ2n) is 1.78. The van der Waals surface area contributed by atoms with E-state index in [1.54, 1.807) is 6.07 Å². The maximum Gasteiger partial charge on any atom is 0.324 e. The van der Waals surface area contributed by atoms with Gasteiger partial charge in [-0.05, 0) is 13.0 Å². The van der Waals surface area contributed by atoms with Gasteiger partial charge in [-0.3, -0.25) is 14.9 Å². The summed E-state index contributed by atoms with van der Waals surface area (Å²) in [5, 5.41) is 10.2. The molecule has 1 aromatic rings. The Morgan fingerprint density at radius 2 is 2.17 bits per heavy atom. The minimum atomic E-state index is -0.377. The Bertz CT molecular complexity index is 272. The summed E-state index contributed by atoms with van der Waals surface area (Å²) in [4.78, 5) is 19.2. The van der Waals surface area contributed by atoms with Crippen molar-refractivity contribution in [1.82, 2.24) is 0 Å².